The molecule has 0 saturated carbocycles. The number of hydrogen-bond donors (Lipinski definition) is 0. The van der Waals surface area contributed by atoms with E-state index in [1.807, 2.05) is 17.0 Å². The highest BCUT2D eigenvalue weighted by Crippen LogP contribution is 2.24. The fourth-order valence-corrected chi connectivity index (χ4v) is 3.02. The van der Waals surface area contributed by atoms with Gasteiger partial charge in [0.25, 0.3) is 5.91 Å². The monoisotopic (exact) mass is 304 g/mol. The number of amides is 1. The van der Waals surface area contributed by atoms with Crippen LogP contribution in [0.1, 0.15) is 47.4 Å². The molecule has 2 aromatic rings. The molecule has 5 nitrogen and oxygen atoms in total. The van der Waals surface area contributed by atoms with Crippen molar-refractivity contribution in [2.24, 2.45) is 0 Å². The number of carbonyl (C=O) groups excluding carboxylic acids is 1. The van der Waals surface area contributed by atoms with Gasteiger partial charge in [-0.1, -0.05) is 25.5 Å². The first-order chi connectivity index (χ1) is 11.1. The fraction of sp³-hybridized carbons (Fsp3) is 0.353. The molecule has 1 amide bonds. The second kappa shape index (κ2) is 6.29. The first kappa shape index (κ1) is 15.4. The highest BCUT2D eigenvalue weighted by molar-refractivity contribution is 6.31. The number of benzene rings is 1. The smallest absolute Gasteiger partial charge is 0.272 e. The van der Waals surface area contributed by atoms with Crippen molar-refractivity contribution in [3.63, 3.8) is 0 Å². The summed E-state index contributed by atoms with van der Waals surface area (Å²) in [5, 5.41) is 13.1. The number of hydrogen-bond acceptors (Lipinski definition) is 3. The quantitative estimate of drug-likeness (QED) is 0.805. The minimum atomic E-state index is -0.0501. The molecule has 3 rings (SSSR count). The van der Waals surface area contributed by atoms with E-state index in [1.165, 1.54) is 0 Å². The van der Waals surface area contributed by atoms with E-state index in [2.05, 4.69) is 18.1 Å². The maximum absolute atomic E-state index is 12.7. The van der Waals surface area contributed by atoms with Crippen LogP contribution >= 0.6 is 0 Å². The zero-order valence-electron chi connectivity index (χ0n) is 13.1. The van der Waals surface area contributed by atoms with Crippen LogP contribution < -0.4 is 5.59 Å². The molecule has 6 heteroatoms. The van der Waals surface area contributed by atoms with Gasteiger partial charge in [-0.3, -0.25) is 9.48 Å². The molecule has 1 atom stereocenters. The van der Waals surface area contributed by atoms with Crippen LogP contribution in [0, 0.1) is 11.3 Å². The van der Waals surface area contributed by atoms with Crippen molar-refractivity contribution in [3.05, 3.63) is 47.2 Å². The Kier molecular flexibility index (Phi) is 4.20. The summed E-state index contributed by atoms with van der Waals surface area (Å²) in [7, 11) is 5.78. The SMILES string of the molecule is [B]c1cc2n(n1)C(CCC)CN(Cc1ccc(C#N)cc1)C2=O. The Balaban J connectivity index is 1.85. The molecule has 23 heavy (non-hydrogen) atoms. The second-order valence-electron chi connectivity index (χ2n) is 5.84. The van der Waals surface area contributed by atoms with Crippen molar-refractivity contribution in [2.75, 3.05) is 6.54 Å². The number of fused-ring (bicyclic) bond motifs is 1. The summed E-state index contributed by atoms with van der Waals surface area (Å²) in [6.45, 7) is 3.27. The molecule has 2 radical (unpaired) electrons. The van der Waals surface area contributed by atoms with Crippen molar-refractivity contribution in [3.8, 4) is 6.07 Å². The third-order valence-corrected chi connectivity index (χ3v) is 4.12. The minimum absolute atomic E-state index is 0.0501. The molecule has 0 fully saturated rings. The van der Waals surface area contributed by atoms with Crippen LogP contribution in [0.2, 0.25) is 0 Å². The first-order valence-corrected chi connectivity index (χ1v) is 7.75. The number of carbonyl (C=O) groups is 1. The number of rotatable bonds is 4. The largest absolute Gasteiger partial charge is 0.331 e. The molecule has 0 aliphatic carbocycles. The van der Waals surface area contributed by atoms with Crippen LogP contribution in [-0.2, 0) is 6.54 Å². The number of aromatic nitrogens is 2. The van der Waals surface area contributed by atoms with E-state index >= 15 is 0 Å². The Morgan fingerprint density at radius 2 is 2.13 bits per heavy atom. The fourth-order valence-electron chi connectivity index (χ4n) is 3.02. The molecular formula is C17H17BN4O. The molecule has 114 valence electrons. The molecule has 1 aromatic heterocycles. The van der Waals surface area contributed by atoms with Gasteiger partial charge in [0.15, 0.2) is 0 Å². The van der Waals surface area contributed by atoms with Crippen LogP contribution in [-0.4, -0.2) is 35.0 Å². The lowest BCUT2D eigenvalue weighted by molar-refractivity contribution is 0.0636. The van der Waals surface area contributed by atoms with Crippen molar-refractivity contribution < 1.29 is 4.79 Å². The van der Waals surface area contributed by atoms with E-state index in [4.69, 9.17) is 13.1 Å². The molecule has 2 heterocycles. The van der Waals surface area contributed by atoms with Gasteiger partial charge < -0.3 is 4.90 Å². The van der Waals surface area contributed by atoms with Crippen LogP contribution in [0.25, 0.3) is 0 Å². The summed E-state index contributed by atoms with van der Waals surface area (Å²) in [5.41, 5.74) is 2.57. The maximum atomic E-state index is 12.7. The van der Waals surface area contributed by atoms with E-state index in [9.17, 15) is 4.79 Å². The molecule has 0 spiro atoms. The van der Waals surface area contributed by atoms with E-state index in [1.54, 1.807) is 22.9 Å². The Hall–Kier alpha value is -2.55. The molecule has 1 unspecified atom stereocenters. The zero-order chi connectivity index (χ0) is 16.4. The van der Waals surface area contributed by atoms with Crippen LogP contribution in [0.5, 0.6) is 0 Å². The summed E-state index contributed by atoms with van der Waals surface area (Å²) in [4.78, 5) is 14.5. The topological polar surface area (TPSA) is 61.9 Å². The van der Waals surface area contributed by atoms with Crippen molar-refractivity contribution in [2.45, 2.75) is 32.4 Å². The average Bonchev–Trinajstić information content (AvgIpc) is 2.95. The predicted molar refractivity (Wildman–Crippen MR) is 87.5 cm³/mol. The van der Waals surface area contributed by atoms with Gasteiger partial charge in [0.2, 0.25) is 0 Å². The lowest BCUT2D eigenvalue weighted by Crippen LogP contribution is -2.42. The van der Waals surface area contributed by atoms with E-state index < -0.39 is 0 Å². The highest BCUT2D eigenvalue weighted by atomic mass is 16.2. The summed E-state index contributed by atoms with van der Waals surface area (Å²) in [5.74, 6) is -0.0501. The first-order valence-electron chi connectivity index (χ1n) is 7.75. The minimum Gasteiger partial charge on any atom is -0.331 e. The molecule has 1 aliphatic rings. The summed E-state index contributed by atoms with van der Waals surface area (Å²) in [6.07, 6.45) is 1.97. The van der Waals surface area contributed by atoms with Gasteiger partial charge in [0.1, 0.15) is 13.5 Å². The Morgan fingerprint density at radius 1 is 1.39 bits per heavy atom. The third-order valence-electron chi connectivity index (χ3n) is 4.12. The van der Waals surface area contributed by atoms with Gasteiger partial charge in [-0.2, -0.15) is 10.4 Å². The van der Waals surface area contributed by atoms with Crippen LogP contribution in [0.4, 0.5) is 0 Å². The van der Waals surface area contributed by atoms with Crippen molar-refractivity contribution in [1.82, 2.24) is 14.7 Å². The number of nitrogens with zero attached hydrogens (tertiary/aromatic N) is 4. The van der Waals surface area contributed by atoms with E-state index in [0.717, 1.165) is 18.4 Å². The van der Waals surface area contributed by atoms with Crippen molar-refractivity contribution in [1.29, 1.82) is 5.26 Å². The normalized spacial score (nSPS) is 17.0. The summed E-state index contributed by atoms with van der Waals surface area (Å²) >= 11 is 0. The lowest BCUT2D eigenvalue weighted by Gasteiger charge is -2.33. The standard InChI is InChI=1S/C17H17BN4O/c1-2-3-14-11-21(10-13-6-4-12(9-19)5-7-13)17(23)15-8-16(18)20-22(14)15/h4-8,14H,2-3,10-11H2,1H3. The average molecular weight is 304 g/mol. The molecule has 1 aliphatic heterocycles. The molecular weight excluding hydrogens is 287 g/mol. The number of nitriles is 1. The Morgan fingerprint density at radius 3 is 2.78 bits per heavy atom. The van der Waals surface area contributed by atoms with E-state index in [-0.39, 0.29) is 11.9 Å². The maximum Gasteiger partial charge on any atom is 0.272 e. The van der Waals surface area contributed by atoms with Gasteiger partial charge in [-0.15, -0.1) is 0 Å². The lowest BCUT2D eigenvalue weighted by atomic mass is 10.0. The van der Waals surface area contributed by atoms with Gasteiger partial charge in [0, 0.05) is 18.7 Å². The van der Waals surface area contributed by atoms with Crippen molar-refractivity contribution >= 4 is 19.3 Å². The molecule has 0 bridgehead atoms. The molecule has 0 saturated heterocycles. The third kappa shape index (κ3) is 3.00. The predicted octanol–water partition coefficient (Wildman–Crippen LogP) is 1.55. The van der Waals surface area contributed by atoms with Gasteiger partial charge in [0.05, 0.1) is 17.7 Å². The van der Waals surface area contributed by atoms with Crippen LogP contribution in [0.3, 0.4) is 0 Å². The molecule has 1 aromatic carbocycles. The second-order valence-corrected chi connectivity index (χ2v) is 5.84. The van der Waals surface area contributed by atoms with E-state index in [0.29, 0.717) is 29.9 Å². The zero-order valence-corrected chi connectivity index (χ0v) is 13.1. The van der Waals surface area contributed by atoms with Crippen LogP contribution in [0.15, 0.2) is 30.3 Å². The van der Waals surface area contributed by atoms with Gasteiger partial charge >= 0.3 is 0 Å². The van der Waals surface area contributed by atoms with Gasteiger partial charge in [-0.05, 0) is 30.2 Å². The Bertz CT molecular complexity index is 760. The summed E-state index contributed by atoms with van der Waals surface area (Å²) in [6, 6.07) is 11.2. The summed E-state index contributed by atoms with van der Waals surface area (Å²) < 4.78 is 1.77. The molecule has 0 N–H and O–H groups in total. The highest BCUT2D eigenvalue weighted by Gasteiger charge is 2.31. The Labute approximate surface area is 136 Å². The van der Waals surface area contributed by atoms with Gasteiger partial charge in [-0.25, -0.2) is 0 Å².